The average molecular weight is 196 g/mol. The Kier molecular flexibility index (Phi) is 5.99. The van der Waals surface area contributed by atoms with Crippen molar-refractivity contribution in [2.75, 3.05) is 19.8 Å². The first-order chi connectivity index (χ1) is 6.60. The normalized spacial score (nSPS) is 16.4. The number of rotatable bonds is 6. The lowest BCUT2D eigenvalue weighted by atomic mass is 9.84. The standard InChI is InChI=1S/C11H16O3/c1-4-6-10(13)11(3,8-12)9-14-7-5-2/h1-2,10,12-13H,6-9H2,3H3. The van der Waals surface area contributed by atoms with Crippen LogP contribution in [0.1, 0.15) is 13.3 Å². The van der Waals surface area contributed by atoms with Crippen molar-refractivity contribution in [2.24, 2.45) is 5.41 Å². The molecule has 0 aromatic carbocycles. The molecule has 0 bridgehead atoms. The Morgan fingerprint density at radius 1 is 1.43 bits per heavy atom. The molecule has 0 aliphatic heterocycles. The molecule has 14 heavy (non-hydrogen) atoms. The summed E-state index contributed by atoms with van der Waals surface area (Å²) in [6.07, 6.45) is 9.48. The Morgan fingerprint density at radius 2 is 2.07 bits per heavy atom. The van der Waals surface area contributed by atoms with Crippen LogP contribution in [0.2, 0.25) is 0 Å². The Hall–Kier alpha value is -1.00. The third-order valence-electron chi connectivity index (χ3n) is 2.09. The van der Waals surface area contributed by atoms with Gasteiger partial charge in [-0.1, -0.05) is 12.8 Å². The molecule has 0 spiro atoms. The maximum Gasteiger partial charge on any atom is 0.107 e. The minimum Gasteiger partial charge on any atom is -0.396 e. The molecule has 2 N–H and O–H groups in total. The molecule has 0 saturated heterocycles. The number of aliphatic hydroxyl groups excluding tert-OH is 2. The van der Waals surface area contributed by atoms with Crippen molar-refractivity contribution in [3.8, 4) is 24.7 Å². The molecule has 0 heterocycles. The van der Waals surface area contributed by atoms with E-state index in [-0.39, 0.29) is 26.2 Å². The largest absolute Gasteiger partial charge is 0.396 e. The van der Waals surface area contributed by atoms with Gasteiger partial charge in [-0.25, -0.2) is 0 Å². The molecule has 0 aliphatic carbocycles. The van der Waals surface area contributed by atoms with Gasteiger partial charge in [0.15, 0.2) is 0 Å². The highest BCUT2D eigenvalue weighted by molar-refractivity contribution is 4.94. The fourth-order valence-electron chi connectivity index (χ4n) is 0.948. The molecule has 3 nitrogen and oxygen atoms in total. The molecule has 3 heteroatoms. The van der Waals surface area contributed by atoms with Crippen LogP contribution < -0.4 is 0 Å². The third-order valence-corrected chi connectivity index (χ3v) is 2.09. The summed E-state index contributed by atoms with van der Waals surface area (Å²) in [5.74, 6) is 4.65. The number of hydrogen-bond acceptors (Lipinski definition) is 3. The van der Waals surface area contributed by atoms with E-state index in [1.54, 1.807) is 6.92 Å². The molecule has 0 aliphatic rings. The molecular weight excluding hydrogens is 180 g/mol. The predicted octanol–water partition coefficient (Wildman–Crippen LogP) is 0.0190. The van der Waals surface area contributed by atoms with Crippen molar-refractivity contribution in [3.05, 3.63) is 0 Å². The first-order valence-corrected chi connectivity index (χ1v) is 4.34. The van der Waals surface area contributed by atoms with Gasteiger partial charge in [0.2, 0.25) is 0 Å². The lowest BCUT2D eigenvalue weighted by Crippen LogP contribution is -2.40. The van der Waals surface area contributed by atoms with Crippen molar-refractivity contribution in [1.29, 1.82) is 0 Å². The Morgan fingerprint density at radius 3 is 2.50 bits per heavy atom. The SMILES string of the molecule is C#CCOCC(C)(CO)C(O)CC#C. The van der Waals surface area contributed by atoms with E-state index in [9.17, 15) is 5.11 Å². The van der Waals surface area contributed by atoms with Gasteiger partial charge in [-0.05, 0) is 0 Å². The zero-order chi connectivity index (χ0) is 11.0. The monoisotopic (exact) mass is 196 g/mol. The van der Waals surface area contributed by atoms with Crippen LogP contribution in [0.5, 0.6) is 0 Å². The van der Waals surface area contributed by atoms with Crippen molar-refractivity contribution >= 4 is 0 Å². The minimum atomic E-state index is -0.782. The van der Waals surface area contributed by atoms with Crippen LogP contribution in [-0.2, 0) is 4.74 Å². The highest BCUT2D eigenvalue weighted by atomic mass is 16.5. The first-order valence-electron chi connectivity index (χ1n) is 4.34. The number of terminal acetylenes is 2. The molecule has 0 saturated carbocycles. The van der Waals surface area contributed by atoms with Crippen LogP contribution in [0.3, 0.4) is 0 Å². The summed E-state index contributed by atoms with van der Waals surface area (Å²) >= 11 is 0. The van der Waals surface area contributed by atoms with E-state index in [4.69, 9.17) is 22.7 Å². The zero-order valence-electron chi connectivity index (χ0n) is 8.36. The predicted molar refractivity (Wildman–Crippen MR) is 54.3 cm³/mol. The van der Waals surface area contributed by atoms with Gasteiger partial charge in [-0.2, -0.15) is 0 Å². The second kappa shape index (κ2) is 6.45. The summed E-state index contributed by atoms with van der Waals surface area (Å²) in [6.45, 7) is 1.86. The van der Waals surface area contributed by atoms with E-state index in [2.05, 4.69) is 11.8 Å². The second-order valence-corrected chi connectivity index (χ2v) is 3.43. The van der Waals surface area contributed by atoms with Gasteiger partial charge in [0.1, 0.15) is 6.61 Å². The number of hydrogen-bond donors (Lipinski definition) is 2. The van der Waals surface area contributed by atoms with Crippen LogP contribution in [0.25, 0.3) is 0 Å². The highest BCUT2D eigenvalue weighted by Gasteiger charge is 2.32. The van der Waals surface area contributed by atoms with Crippen LogP contribution in [0.15, 0.2) is 0 Å². The number of ether oxygens (including phenoxy) is 1. The molecule has 0 aromatic rings. The highest BCUT2D eigenvalue weighted by Crippen LogP contribution is 2.23. The molecule has 2 atom stereocenters. The van der Waals surface area contributed by atoms with Gasteiger partial charge >= 0.3 is 0 Å². The van der Waals surface area contributed by atoms with Gasteiger partial charge in [0.05, 0.1) is 19.3 Å². The van der Waals surface area contributed by atoms with Gasteiger partial charge in [-0.15, -0.1) is 18.8 Å². The van der Waals surface area contributed by atoms with E-state index in [0.717, 1.165) is 0 Å². The van der Waals surface area contributed by atoms with Crippen LogP contribution in [-0.4, -0.2) is 36.1 Å². The van der Waals surface area contributed by atoms with Crippen LogP contribution >= 0.6 is 0 Å². The molecule has 0 amide bonds. The van der Waals surface area contributed by atoms with E-state index >= 15 is 0 Å². The molecule has 0 rings (SSSR count). The molecule has 0 radical (unpaired) electrons. The smallest absolute Gasteiger partial charge is 0.107 e. The van der Waals surface area contributed by atoms with E-state index in [1.165, 1.54) is 0 Å². The Balaban J connectivity index is 4.18. The summed E-state index contributed by atoms with van der Waals surface area (Å²) in [5, 5.41) is 18.8. The second-order valence-electron chi connectivity index (χ2n) is 3.43. The molecule has 0 aromatic heterocycles. The van der Waals surface area contributed by atoms with E-state index in [0.29, 0.717) is 0 Å². The van der Waals surface area contributed by atoms with E-state index < -0.39 is 11.5 Å². The summed E-state index contributed by atoms with van der Waals surface area (Å²) in [4.78, 5) is 0. The van der Waals surface area contributed by atoms with Gasteiger partial charge in [0, 0.05) is 11.8 Å². The average Bonchev–Trinajstić information content (AvgIpc) is 2.18. The lowest BCUT2D eigenvalue weighted by Gasteiger charge is -2.31. The van der Waals surface area contributed by atoms with Gasteiger partial charge in [0.25, 0.3) is 0 Å². The number of aliphatic hydroxyl groups is 2. The van der Waals surface area contributed by atoms with Crippen molar-refractivity contribution in [3.63, 3.8) is 0 Å². The summed E-state index contributed by atoms with van der Waals surface area (Å²) in [6, 6.07) is 0. The lowest BCUT2D eigenvalue weighted by molar-refractivity contribution is -0.0550. The fourth-order valence-corrected chi connectivity index (χ4v) is 0.948. The molecule has 78 valence electrons. The molecule has 0 fully saturated rings. The van der Waals surface area contributed by atoms with Crippen LogP contribution in [0, 0.1) is 30.1 Å². The molecular formula is C11H16O3. The summed E-state index contributed by atoms with van der Waals surface area (Å²) in [7, 11) is 0. The van der Waals surface area contributed by atoms with Crippen molar-refractivity contribution < 1.29 is 14.9 Å². The third kappa shape index (κ3) is 3.81. The van der Waals surface area contributed by atoms with Crippen molar-refractivity contribution in [2.45, 2.75) is 19.4 Å². The maximum absolute atomic E-state index is 9.63. The van der Waals surface area contributed by atoms with E-state index in [1.807, 2.05) is 0 Å². The van der Waals surface area contributed by atoms with Gasteiger partial charge < -0.3 is 14.9 Å². The van der Waals surface area contributed by atoms with Gasteiger partial charge in [-0.3, -0.25) is 0 Å². The maximum atomic E-state index is 9.63. The summed E-state index contributed by atoms with van der Waals surface area (Å²) < 4.78 is 5.08. The summed E-state index contributed by atoms with van der Waals surface area (Å²) in [5.41, 5.74) is -0.747. The minimum absolute atomic E-state index is 0.165. The first kappa shape index (κ1) is 13.0. The quantitative estimate of drug-likeness (QED) is 0.465. The Labute approximate surface area is 85.1 Å². The Bertz CT molecular complexity index is 236. The fraction of sp³-hybridized carbons (Fsp3) is 0.636. The van der Waals surface area contributed by atoms with Crippen molar-refractivity contribution in [1.82, 2.24) is 0 Å². The molecule has 2 unspecified atom stereocenters. The van der Waals surface area contributed by atoms with Crippen LogP contribution in [0.4, 0.5) is 0 Å². The topological polar surface area (TPSA) is 49.7 Å². The zero-order valence-corrected chi connectivity index (χ0v) is 8.36.